The molecule has 1 nitrogen and oxygen atoms in total. The number of Topliss-reactive ketones (excluding diaryl/α,β-unsaturated/α-hetero) is 1. The number of aryl methyl sites for hydroxylation is 1. The van der Waals surface area contributed by atoms with Crippen LogP contribution in [0, 0.1) is 6.92 Å². The van der Waals surface area contributed by atoms with Crippen LogP contribution in [0.5, 0.6) is 0 Å². The molecule has 0 bridgehead atoms. The van der Waals surface area contributed by atoms with Gasteiger partial charge in [0.15, 0.2) is 5.78 Å². The molecule has 3 heteroatoms. The summed E-state index contributed by atoms with van der Waals surface area (Å²) in [5, 5.41) is 0. The van der Waals surface area contributed by atoms with E-state index in [1.807, 2.05) is 24.3 Å². The number of carbonyl (C=O) groups excluding carboxylic acids is 1. The number of rotatable bonds is 3. The minimum Gasteiger partial charge on any atom is -0.292 e. The van der Waals surface area contributed by atoms with Gasteiger partial charge in [-0.15, -0.1) is 22.9 Å². The molecule has 2 rings (SSSR count). The van der Waals surface area contributed by atoms with Crippen molar-refractivity contribution in [2.75, 3.05) is 5.88 Å². The van der Waals surface area contributed by atoms with E-state index in [2.05, 4.69) is 19.1 Å². The van der Waals surface area contributed by atoms with Gasteiger partial charge in [-0.2, -0.15) is 0 Å². The summed E-state index contributed by atoms with van der Waals surface area (Å²) in [4.78, 5) is 13.2. The van der Waals surface area contributed by atoms with Crippen LogP contribution >= 0.6 is 22.9 Å². The largest absolute Gasteiger partial charge is 0.292 e. The lowest BCUT2D eigenvalue weighted by molar-refractivity contribution is 0.102. The highest BCUT2D eigenvalue weighted by Crippen LogP contribution is 2.28. The molecule has 0 aliphatic carbocycles. The monoisotopic (exact) mass is 250 g/mol. The Kier molecular flexibility index (Phi) is 3.42. The Morgan fingerprint density at radius 1 is 1.31 bits per heavy atom. The van der Waals surface area contributed by atoms with Gasteiger partial charge < -0.3 is 0 Å². The van der Waals surface area contributed by atoms with Gasteiger partial charge in [-0.05, 0) is 24.6 Å². The van der Waals surface area contributed by atoms with E-state index in [1.165, 1.54) is 16.9 Å². The first kappa shape index (κ1) is 11.4. The van der Waals surface area contributed by atoms with Crippen molar-refractivity contribution in [1.82, 2.24) is 0 Å². The van der Waals surface area contributed by atoms with Crippen LogP contribution in [0.1, 0.15) is 15.2 Å². The first-order valence-corrected chi connectivity index (χ1v) is 6.32. The van der Waals surface area contributed by atoms with Gasteiger partial charge in [-0.25, -0.2) is 0 Å². The Labute approximate surface area is 104 Å². The molecular formula is C13H11ClOS. The van der Waals surface area contributed by atoms with Gasteiger partial charge in [0, 0.05) is 4.88 Å². The Morgan fingerprint density at radius 3 is 2.81 bits per heavy atom. The number of ketones is 1. The predicted molar refractivity (Wildman–Crippen MR) is 69.5 cm³/mol. The van der Waals surface area contributed by atoms with Crippen LogP contribution in [0.25, 0.3) is 10.4 Å². The Balaban J connectivity index is 2.35. The van der Waals surface area contributed by atoms with E-state index in [-0.39, 0.29) is 11.7 Å². The zero-order chi connectivity index (χ0) is 11.5. The zero-order valence-electron chi connectivity index (χ0n) is 8.87. The summed E-state index contributed by atoms with van der Waals surface area (Å²) in [6, 6.07) is 12.1. The summed E-state index contributed by atoms with van der Waals surface area (Å²) in [5.41, 5.74) is 2.37. The molecule has 0 unspecified atom stereocenters. The lowest BCUT2D eigenvalue weighted by Crippen LogP contribution is -1.95. The van der Waals surface area contributed by atoms with Crippen molar-refractivity contribution in [3.05, 3.63) is 46.8 Å². The van der Waals surface area contributed by atoms with Gasteiger partial charge in [-0.3, -0.25) is 4.79 Å². The quantitative estimate of drug-likeness (QED) is 0.591. The number of hydrogen-bond acceptors (Lipinski definition) is 2. The molecule has 2 aromatic rings. The second-order valence-corrected chi connectivity index (χ2v) is 4.94. The second kappa shape index (κ2) is 4.81. The van der Waals surface area contributed by atoms with Crippen molar-refractivity contribution < 1.29 is 4.79 Å². The summed E-state index contributed by atoms with van der Waals surface area (Å²) >= 11 is 7.02. The van der Waals surface area contributed by atoms with Gasteiger partial charge in [0.05, 0.1) is 10.8 Å². The molecular weight excluding hydrogens is 240 g/mol. The summed E-state index contributed by atoms with van der Waals surface area (Å²) in [5.74, 6) is 0.0406. The Hall–Kier alpha value is -1.12. The first-order valence-electron chi connectivity index (χ1n) is 4.97. The predicted octanol–water partition coefficient (Wildman–Crippen LogP) is 4.15. The molecule has 0 radical (unpaired) electrons. The molecule has 0 N–H and O–H groups in total. The number of benzene rings is 1. The standard InChI is InChI=1S/C13H11ClOS/c1-9-3-2-4-10(7-9)12-5-6-13(16-12)11(15)8-14/h2-7H,8H2,1H3. The number of alkyl halides is 1. The minimum atomic E-state index is -0.00873. The van der Waals surface area contributed by atoms with E-state index < -0.39 is 0 Å². The first-order chi connectivity index (χ1) is 7.70. The number of hydrogen-bond donors (Lipinski definition) is 0. The third kappa shape index (κ3) is 2.34. The molecule has 1 aromatic carbocycles. The van der Waals surface area contributed by atoms with Crippen molar-refractivity contribution in [2.45, 2.75) is 6.92 Å². The summed E-state index contributed by atoms with van der Waals surface area (Å²) in [6.45, 7) is 2.06. The van der Waals surface area contributed by atoms with Crippen LogP contribution in [0.3, 0.4) is 0 Å². The number of halogens is 1. The van der Waals surface area contributed by atoms with Crippen LogP contribution < -0.4 is 0 Å². The highest BCUT2D eigenvalue weighted by Gasteiger charge is 2.08. The lowest BCUT2D eigenvalue weighted by Gasteiger charge is -1.98. The van der Waals surface area contributed by atoms with Gasteiger partial charge in [0.25, 0.3) is 0 Å². The van der Waals surface area contributed by atoms with Gasteiger partial charge in [0.2, 0.25) is 0 Å². The van der Waals surface area contributed by atoms with Crippen LogP contribution in [-0.2, 0) is 0 Å². The van der Waals surface area contributed by atoms with Crippen LogP contribution in [-0.4, -0.2) is 11.7 Å². The zero-order valence-corrected chi connectivity index (χ0v) is 10.4. The van der Waals surface area contributed by atoms with E-state index in [4.69, 9.17) is 11.6 Å². The fourth-order valence-electron chi connectivity index (χ4n) is 1.51. The van der Waals surface area contributed by atoms with E-state index in [1.54, 1.807) is 0 Å². The molecule has 0 amide bonds. The van der Waals surface area contributed by atoms with Crippen molar-refractivity contribution in [3.63, 3.8) is 0 Å². The van der Waals surface area contributed by atoms with E-state index in [9.17, 15) is 4.79 Å². The van der Waals surface area contributed by atoms with Crippen molar-refractivity contribution >= 4 is 28.7 Å². The second-order valence-electron chi connectivity index (χ2n) is 3.59. The van der Waals surface area contributed by atoms with Crippen molar-refractivity contribution in [3.8, 4) is 10.4 Å². The van der Waals surface area contributed by atoms with Gasteiger partial charge >= 0.3 is 0 Å². The van der Waals surface area contributed by atoms with E-state index in [0.717, 1.165) is 15.3 Å². The molecule has 0 fully saturated rings. The maximum atomic E-state index is 11.4. The fraction of sp³-hybridized carbons (Fsp3) is 0.154. The molecule has 0 saturated heterocycles. The number of thiophene rings is 1. The van der Waals surface area contributed by atoms with Gasteiger partial charge in [-0.1, -0.05) is 29.8 Å². The third-order valence-corrected chi connectivity index (χ3v) is 3.72. The molecule has 16 heavy (non-hydrogen) atoms. The normalized spacial score (nSPS) is 10.4. The van der Waals surface area contributed by atoms with Crippen LogP contribution in [0.2, 0.25) is 0 Å². The molecule has 0 spiro atoms. The summed E-state index contributed by atoms with van der Waals surface area (Å²) < 4.78 is 0. The molecule has 0 aliphatic rings. The topological polar surface area (TPSA) is 17.1 Å². The van der Waals surface area contributed by atoms with Crippen molar-refractivity contribution in [2.24, 2.45) is 0 Å². The fourth-order valence-corrected chi connectivity index (χ4v) is 2.67. The average molecular weight is 251 g/mol. The van der Waals surface area contributed by atoms with E-state index in [0.29, 0.717) is 0 Å². The smallest absolute Gasteiger partial charge is 0.187 e. The Morgan fingerprint density at radius 2 is 2.12 bits per heavy atom. The highest BCUT2D eigenvalue weighted by atomic mass is 35.5. The van der Waals surface area contributed by atoms with E-state index >= 15 is 0 Å². The molecule has 82 valence electrons. The lowest BCUT2D eigenvalue weighted by atomic mass is 10.1. The van der Waals surface area contributed by atoms with Crippen molar-refractivity contribution in [1.29, 1.82) is 0 Å². The summed E-state index contributed by atoms with van der Waals surface area (Å²) in [7, 11) is 0. The molecule has 0 saturated carbocycles. The average Bonchev–Trinajstić information content (AvgIpc) is 2.77. The maximum Gasteiger partial charge on any atom is 0.187 e. The molecule has 0 atom stereocenters. The molecule has 1 aromatic heterocycles. The van der Waals surface area contributed by atoms with Gasteiger partial charge in [0.1, 0.15) is 0 Å². The third-order valence-electron chi connectivity index (χ3n) is 2.30. The molecule has 0 aliphatic heterocycles. The maximum absolute atomic E-state index is 11.4. The van der Waals surface area contributed by atoms with Crippen LogP contribution in [0.4, 0.5) is 0 Å². The highest BCUT2D eigenvalue weighted by molar-refractivity contribution is 7.17. The summed E-state index contributed by atoms with van der Waals surface area (Å²) in [6.07, 6.45) is 0. The number of carbonyl (C=O) groups is 1. The minimum absolute atomic E-state index is 0.00873. The Bertz CT molecular complexity index is 516. The SMILES string of the molecule is Cc1cccc(-c2ccc(C(=O)CCl)s2)c1. The van der Waals surface area contributed by atoms with Crippen LogP contribution in [0.15, 0.2) is 36.4 Å². The molecule has 1 heterocycles.